The minimum atomic E-state index is -0.190. The van der Waals surface area contributed by atoms with E-state index in [0.29, 0.717) is 36.6 Å². The van der Waals surface area contributed by atoms with E-state index >= 15 is 0 Å². The third-order valence-electron chi connectivity index (χ3n) is 4.02. The van der Waals surface area contributed by atoms with Crippen molar-refractivity contribution in [3.05, 3.63) is 81.9 Å². The Morgan fingerprint density at radius 2 is 1.78 bits per heavy atom. The van der Waals surface area contributed by atoms with Gasteiger partial charge in [0.1, 0.15) is 0 Å². The molecule has 0 unspecified atom stereocenters. The second-order valence-corrected chi connectivity index (χ2v) is 6.46. The van der Waals surface area contributed by atoms with Gasteiger partial charge in [-0.15, -0.1) is 0 Å². The quantitative estimate of drug-likeness (QED) is 0.681. The Morgan fingerprint density at radius 1 is 1.04 bits per heavy atom. The molecule has 27 heavy (non-hydrogen) atoms. The molecule has 0 aliphatic carbocycles. The number of pyridine rings is 1. The van der Waals surface area contributed by atoms with Crippen molar-refractivity contribution in [1.82, 2.24) is 20.1 Å². The molecule has 0 saturated carbocycles. The van der Waals surface area contributed by atoms with Crippen molar-refractivity contribution in [2.75, 3.05) is 0 Å². The average Bonchev–Trinajstić information content (AvgIpc) is 2.69. The van der Waals surface area contributed by atoms with Gasteiger partial charge in [0.2, 0.25) is 5.91 Å². The highest BCUT2D eigenvalue weighted by atomic mass is 35.5. The molecule has 3 rings (SSSR count). The maximum Gasteiger partial charge on any atom is 0.266 e. The smallest absolute Gasteiger partial charge is 0.266 e. The van der Waals surface area contributed by atoms with Crippen LogP contribution < -0.4 is 10.9 Å². The average molecular weight is 383 g/mol. The fourth-order valence-corrected chi connectivity index (χ4v) is 2.69. The fourth-order valence-electron chi connectivity index (χ4n) is 2.56. The molecule has 0 fully saturated rings. The fraction of sp³-hybridized carbons (Fsp3) is 0.200. The first kappa shape index (κ1) is 18.8. The Balaban J connectivity index is 1.54. The topological polar surface area (TPSA) is 76.9 Å². The molecule has 138 valence electrons. The van der Waals surface area contributed by atoms with Crippen LogP contribution in [0.1, 0.15) is 18.4 Å². The lowest BCUT2D eigenvalue weighted by atomic mass is 10.1. The van der Waals surface area contributed by atoms with E-state index in [1.807, 2.05) is 24.3 Å². The number of nitrogens with zero attached hydrogens (tertiary/aromatic N) is 3. The van der Waals surface area contributed by atoms with E-state index in [1.54, 1.807) is 30.6 Å². The monoisotopic (exact) mass is 382 g/mol. The first-order valence-corrected chi connectivity index (χ1v) is 8.99. The Morgan fingerprint density at radius 3 is 2.52 bits per heavy atom. The third kappa shape index (κ3) is 5.49. The lowest BCUT2D eigenvalue weighted by Gasteiger charge is -2.08. The van der Waals surface area contributed by atoms with Gasteiger partial charge in [-0.05, 0) is 42.3 Å². The molecule has 7 heteroatoms. The van der Waals surface area contributed by atoms with Gasteiger partial charge in [0.15, 0.2) is 0 Å². The lowest BCUT2D eigenvalue weighted by molar-refractivity contribution is -0.121. The summed E-state index contributed by atoms with van der Waals surface area (Å²) in [6.07, 6.45) is 4.23. The summed E-state index contributed by atoms with van der Waals surface area (Å²) in [4.78, 5) is 27.9. The van der Waals surface area contributed by atoms with Crippen molar-refractivity contribution < 1.29 is 4.79 Å². The van der Waals surface area contributed by atoms with E-state index in [0.717, 1.165) is 11.1 Å². The number of carbonyl (C=O) groups is 1. The molecular weight excluding hydrogens is 364 g/mol. The lowest BCUT2D eigenvalue weighted by Crippen LogP contribution is -2.25. The van der Waals surface area contributed by atoms with Gasteiger partial charge >= 0.3 is 0 Å². The number of aryl methyl sites for hydroxylation is 1. The zero-order chi connectivity index (χ0) is 19.1. The molecule has 0 saturated heterocycles. The van der Waals surface area contributed by atoms with Crippen LogP contribution in [0.5, 0.6) is 0 Å². The molecule has 0 aliphatic heterocycles. The van der Waals surface area contributed by atoms with Crippen LogP contribution in [-0.2, 0) is 17.9 Å². The van der Waals surface area contributed by atoms with E-state index in [9.17, 15) is 9.59 Å². The molecule has 1 N–H and O–H groups in total. The van der Waals surface area contributed by atoms with Gasteiger partial charge in [-0.1, -0.05) is 23.7 Å². The van der Waals surface area contributed by atoms with Gasteiger partial charge in [-0.25, -0.2) is 4.68 Å². The van der Waals surface area contributed by atoms with Crippen molar-refractivity contribution in [2.24, 2.45) is 0 Å². The van der Waals surface area contributed by atoms with Crippen LogP contribution in [0.25, 0.3) is 11.3 Å². The predicted molar refractivity (Wildman–Crippen MR) is 104 cm³/mol. The molecule has 6 nitrogen and oxygen atoms in total. The van der Waals surface area contributed by atoms with Crippen LogP contribution in [0, 0.1) is 0 Å². The second-order valence-electron chi connectivity index (χ2n) is 6.02. The third-order valence-corrected chi connectivity index (χ3v) is 4.27. The molecule has 0 radical (unpaired) electrons. The van der Waals surface area contributed by atoms with E-state index in [1.165, 1.54) is 10.7 Å². The van der Waals surface area contributed by atoms with Crippen LogP contribution in [0.3, 0.4) is 0 Å². The summed E-state index contributed by atoms with van der Waals surface area (Å²) in [7, 11) is 0. The molecule has 1 amide bonds. The predicted octanol–water partition coefficient (Wildman–Crippen LogP) is 3.06. The Bertz CT molecular complexity index is 956. The molecule has 0 spiro atoms. The Kier molecular flexibility index (Phi) is 6.33. The number of amides is 1. The van der Waals surface area contributed by atoms with Crippen LogP contribution in [0.2, 0.25) is 5.02 Å². The molecule has 0 atom stereocenters. The summed E-state index contributed by atoms with van der Waals surface area (Å²) in [5, 5.41) is 7.88. The minimum absolute atomic E-state index is 0.0614. The molecule has 2 heterocycles. The van der Waals surface area contributed by atoms with Crippen molar-refractivity contribution in [2.45, 2.75) is 25.9 Å². The number of halogens is 1. The summed E-state index contributed by atoms with van der Waals surface area (Å²) < 4.78 is 1.39. The highest BCUT2D eigenvalue weighted by Gasteiger charge is 2.06. The van der Waals surface area contributed by atoms with Crippen molar-refractivity contribution in [3.63, 3.8) is 0 Å². The standard InChI is InChI=1S/C20H19ClN4O2/c21-17-5-3-16(4-6-17)18-7-8-20(27)25(24-18)13-1-2-19(26)23-14-15-9-11-22-12-10-15/h3-12H,1-2,13-14H2,(H,23,26). The van der Waals surface area contributed by atoms with Gasteiger partial charge in [0, 0.05) is 48.6 Å². The zero-order valence-electron chi connectivity index (χ0n) is 14.6. The molecule has 3 aromatic rings. The summed E-state index contributed by atoms with van der Waals surface area (Å²) in [6.45, 7) is 0.842. The summed E-state index contributed by atoms with van der Waals surface area (Å²) in [6, 6.07) is 14.1. The van der Waals surface area contributed by atoms with Gasteiger partial charge in [-0.2, -0.15) is 5.10 Å². The largest absolute Gasteiger partial charge is 0.352 e. The van der Waals surface area contributed by atoms with Gasteiger partial charge in [0.25, 0.3) is 5.56 Å². The van der Waals surface area contributed by atoms with Crippen LogP contribution in [-0.4, -0.2) is 20.7 Å². The number of hydrogen-bond donors (Lipinski definition) is 1. The van der Waals surface area contributed by atoms with Gasteiger partial charge in [0.05, 0.1) is 5.69 Å². The number of benzene rings is 1. The number of aromatic nitrogens is 3. The Labute approximate surface area is 161 Å². The highest BCUT2D eigenvalue weighted by molar-refractivity contribution is 6.30. The first-order valence-electron chi connectivity index (χ1n) is 8.61. The van der Waals surface area contributed by atoms with Crippen molar-refractivity contribution in [1.29, 1.82) is 0 Å². The van der Waals surface area contributed by atoms with E-state index < -0.39 is 0 Å². The molecule has 1 aromatic carbocycles. The molecule has 0 aliphatic rings. The SMILES string of the molecule is O=C(CCCn1nc(-c2ccc(Cl)cc2)ccc1=O)NCc1ccncc1. The van der Waals surface area contributed by atoms with E-state index in [4.69, 9.17) is 11.6 Å². The van der Waals surface area contributed by atoms with Crippen LogP contribution >= 0.6 is 11.6 Å². The molecule has 0 bridgehead atoms. The number of rotatable bonds is 7. The Hall–Kier alpha value is -2.99. The summed E-state index contributed by atoms with van der Waals surface area (Å²) in [5.74, 6) is -0.0614. The van der Waals surface area contributed by atoms with Gasteiger partial charge < -0.3 is 5.32 Å². The maximum absolute atomic E-state index is 12.0. The number of carbonyl (C=O) groups excluding carboxylic acids is 1. The van der Waals surface area contributed by atoms with Crippen molar-refractivity contribution in [3.8, 4) is 11.3 Å². The van der Waals surface area contributed by atoms with Crippen molar-refractivity contribution >= 4 is 17.5 Å². The number of nitrogens with one attached hydrogen (secondary N) is 1. The second kappa shape index (κ2) is 9.09. The van der Waals surface area contributed by atoms with Crippen LogP contribution in [0.15, 0.2) is 65.7 Å². The molecule has 2 aromatic heterocycles. The van der Waals surface area contributed by atoms with E-state index in [2.05, 4.69) is 15.4 Å². The van der Waals surface area contributed by atoms with Gasteiger partial charge in [-0.3, -0.25) is 14.6 Å². The normalized spacial score (nSPS) is 10.6. The number of hydrogen-bond acceptors (Lipinski definition) is 4. The minimum Gasteiger partial charge on any atom is -0.352 e. The highest BCUT2D eigenvalue weighted by Crippen LogP contribution is 2.18. The first-order chi connectivity index (χ1) is 13.1. The van der Waals surface area contributed by atoms with Crippen LogP contribution in [0.4, 0.5) is 0 Å². The van der Waals surface area contributed by atoms with E-state index in [-0.39, 0.29) is 11.5 Å². The summed E-state index contributed by atoms with van der Waals surface area (Å²) >= 11 is 5.90. The maximum atomic E-state index is 12.0. The summed E-state index contributed by atoms with van der Waals surface area (Å²) in [5.41, 5.74) is 2.37. The zero-order valence-corrected chi connectivity index (χ0v) is 15.4. The molecular formula is C20H19ClN4O2.